The fourth-order valence-electron chi connectivity index (χ4n) is 2.36. The average Bonchev–Trinajstić information content (AvgIpc) is 3.21. The van der Waals surface area contributed by atoms with E-state index in [1.807, 2.05) is 36.6 Å². The van der Waals surface area contributed by atoms with Gasteiger partial charge in [-0.05, 0) is 25.1 Å². The number of nitrogens with zero attached hydrogens (tertiary/aromatic N) is 6. The zero-order valence-electron chi connectivity index (χ0n) is 12.5. The van der Waals surface area contributed by atoms with Crippen molar-refractivity contribution in [2.75, 3.05) is 13.1 Å². The van der Waals surface area contributed by atoms with Crippen LogP contribution in [0.25, 0.3) is 5.52 Å². The smallest absolute Gasteiger partial charge is 0.272 e. The first-order valence-electron chi connectivity index (χ1n) is 7.14. The number of hydrogen-bond acceptors (Lipinski definition) is 5. The van der Waals surface area contributed by atoms with E-state index in [4.69, 9.17) is 0 Å². The van der Waals surface area contributed by atoms with E-state index in [1.54, 1.807) is 17.3 Å². The molecule has 3 aromatic rings. The van der Waals surface area contributed by atoms with Gasteiger partial charge in [-0.25, -0.2) is 4.98 Å². The lowest BCUT2D eigenvalue weighted by atomic mass is 10.1. The Morgan fingerprint density at radius 3 is 3.09 bits per heavy atom. The Labute approximate surface area is 127 Å². The molecular formula is C14H17N7O. The van der Waals surface area contributed by atoms with Gasteiger partial charge in [-0.15, -0.1) is 10.2 Å². The van der Waals surface area contributed by atoms with E-state index >= 15 is 0 Å². The van der Waals surface area contributed by atoms with Gasteiger partial charge < -0.3 is 9.30 Å². The highest BCUT2D eigenvalue weighted by molar-refractivity contribution is 5.93. The molecule has 3 heterocycles. The molecule has 0 saturated carbocycles. The summed E-state index contributed by atoms with van der Waals surface area (Å²) >= 11 is 0. The van der Waals surface area contributed by atoms with Crippen LogP contribution in [0.3, 0.4) is 0 Å². The number of amides is 1. The van der Waals surface area contributed by atoms with E-state index in [0.717, 1.165) is 5.52 Å². The highest BCUT2D eigenvalue weighted by Gasteiger charge is 2.21. The van der Waals surface area contributed by atoms with Crippen LogP contribution >= 0.6 is 0 Å². The highest BCUT2D eigenvalue weighted by atomic mass is 16.2. The molecule has 8 nitrogen and oxygen atoms in total. The minimum absolute atomic E-state index is 0.000295. The van der Waals surface area contributed by atoms with Crippen molar-refractivity contribution in [2.24, 2.45) is 0 Å². The van der Waals surface area contributed by atoms with Crippen LogP contribution in [0.4, 0.5) is 0 Å². The Morgan fingerprint density at radius 2 is 2.36 bits per heavy atom. The maximum atomic E-state index is 12.6. The van der Waals surface area contributed by atoms with Crippen molar-refractivity contribution in [3.8, 4) is 0 Å². The molecule has 0 aliphatic rings. The Hall–Kier alpha value is -2.77. The van der Waals surface area contributed by atoms with Crippen molar-refractivity contribution in [1.29, 1.82) is 0 Å². The van der Waals surface area contributed by atoms with E-state index in [-0.39, 0.29) is 11.8 Å². The summed E-state index contributed by atoms with van der Waals surface area (Å²) in [5.41, 5.74) is 1.38. The molecule has 0 aromatic carbocycles. The lowest BCUT2D eigenvalue weighted by Crippen LogP contribution is -2.34. The van der Waals surface area contributed by atoms with E-state index in [0.29, 0.717) is 24.6 Å². The van der Waals surface area contributed by atoms with Crippen molar-refractivity contribution in [2.45, 2.75) is 19.8 Å². The Balaban J connectivity index is 1.78. The van der Waals surface area contributed by atoms with Gasteiger partial charge in [0.2, 0.25) is 0 Å². The number of likely N-dealkylation sites (N-methyl/N-ethyl adjacent to an activating group) is 1. The number of hydrogen-bond donors (Lipinski definition) is 1. The van der Waals surface area contributed by atoms with Crippen molar-refractivity contribution >= 4 is 11.4 Å². The highest BCUT2D eigenvalue weighted by Crippen LogP contribution is 2.13. The number of H-pyrrole nitrogens is 1. The van der Waals surface area contributed by atoms with Crippen molar-refractivity contribution in [3.05, 3.63) is 42.2 Å². The Morgan fingerprint density at radius 1 is 1.50 bits per heavy atom. The normalized spacial score (nSPS) is 12.5. The van der Waals surface area contributed by atoms with E-state index in [1.165, 1.54) is 0 Å². The molecule has 1 amide bonds. The molecule has 8 heteroatoms. The van der Waals surface area contributed by atoms with Gasteiger partial charge in [-0.2, -0.15) is 5.21 Å². The number of carbonyl (C=O) groups excluding carboxylic acids is 1. The summed E-state index contributed by atoms with van der Waals surface area (Å²) in [6.45, 7) is 5.01. The minimum Gasteiger partial charge on any atom is -0.337 e. The Kier molecular flexibility index (Phi) is 3.82. The number of nitrogens with one attached hydrogen (secondary N) is 1. The van der Waals surface area contributed by atoms with Gasteiger partial charge in [0.05, 0.1) is 6.33 Å². The molecule has 3 aromatic heterocycles. The molecule has 0 radical (unpaired) electrons. The van der Waals surface area contributed by atoms with E-state index in [9.17, 15) is 4.79 Å². The van der Waals surface area contributed by atoms with Gasteiger partial charge >= 0.3 is 0 Å². The summed E-state index contributed by atoms with van der Waals surface area (Å²) in [6, 6.07) is 5.65. The first kappa shape index (κ1) is 14.2. The molecule has 1 N–H and O–H groups in total. The Bertz CT molecular complexity index is 764. The number of fused-ring (bicyclic) bond motifs is 1. The summed E-state index contributed by atoms with van der Waals surface area (Å²) < 4.78 is 1.87. The molecular weight excluding hydrogens is 282 g/mol. The van der Waals surface area contributed by atoms with E-state index in [2.05, 4.69) is 25.6 Å². The topological polar surface area (TPSA) is 92.1 Å². The van der Waals surface area contributed by atoms with Crippen molar-refractivity contribution in [3.63, 3.8) is 0 Å². The predicted octanol–water partition coefficient (Wildman–Crippen LogP) is 1.11. The molecule has 0 aliphatic carbocycles. The zero-order valence-corrected chi connectivity index (χ0v) is 12.5. The predicted molar refractivity (Wildman–Crippen MR) is 79.4 cm³/mol. The lowest BCUT2D eigenvalue weighted by Gasteiger charge is -2.22. The van der Waals surface area contributed by atoms with Crippen LogP contribution in [-0.2, 0) is 0 Å². The van der Waals surface area contributed by atoms with Crippen LogP contribution in [0.2, 0.25) is 0 Å². The molecule has 0 saturated heterocycles. The van der Waals surface area contributed by atoms with Crippen LogP contribution in [-0.4, -0.2) is 53.9 Å². The third-order valence-corrected chi connectivity index (χ3v) is 3.60. The summed E-state index contributed by atoms with van der Waals surface area (Å²) in [7, 11) is 0. The van der Waals surface area contributed by atoms with Gasteiger partial charge in [-0.3, -0.25) is 4.79 Å². The van der Waals surface area contributed by atoms with Crippen LogP contribution in [0.5, 0.6) is 0 Å². The minimum atomic E-state index is -0.0958. The number of tetrazole rings is 1. The van der Waals surface area contributed by atoms with E-state index < -0.39 is 0 Å². The quantitative estimate of drug-likeness (QED) is 0.762. The molecule has 22 heavy (non-hydrogen) atoms. The molecule has 0 spiro atoms. The molecule has 3 rings (SSSR count). The van der Waals surface area contributed by atoms with Crippen molar-refractivity contribution in [1.82, 2.24) is 34.9 Å². The van der Waals surface area contributed by atoms with Crippen LogP contribution in [0.1, 0.15) is 36.1 Å². The number of aromatic nitrogens is 6. The van der Waals surface area contributed by atoms with Gasteiger partial charge in [0, 0.05) is 30.7 Å². The van der Waals surface area contributed by atoms with Gasteiger partial charge in [0.15, 0.2) is 5.82 Å². The maximum absolute atomic E-state index is 12.6. The number of rotatable bonds is 5. The third-order valence-electron chi connectivity index (χ3n) is 3.60. The second kappa shape index (κ2) is 5.92. The van der Waals surface area contributed by atoms with Gasteiger partial charge in [-0.1, -0.05) is 12.1 Å². The maximum Gasteiger partial charge on any atom is 0.272 e. The SMILES string of the molecule is CCN(CC(C)c1nn[nH]n1)C(=O)c1cc2cccn2cn1. The average molecular weight is 299 g/mol. The molecule has 1 atom stereocenters. The molecule has 1 unspecified atom stereocenters. The standard InChI is InChI=1S/C14H17N7O/c1-3-20(8-10(2)13-16-18-19-17-13)14(22)12-7-11-5-4-6-21(11)9-15-12/h4-7,9-10H,3,8H2,1-2H3,(H,16,17,18,19). The van der Waals surface area contributed by atoms with Gasteiger partial charge in [0.1, 0.15) is 5.69 Å². The fraction of sp³-hybridized carbons (Fsp3) is 0.357. The second-order valence-electron chi connectivity index (χ2n) is 5.13. The largest absolute Gasteiger partial charge is 0.337 e. The second-order valence-corrected chi connectivity index (χ2v) is 5.13. The number of carbonyl (C=O) groups is 1. The summed E-state index contributed by atoms with van der Waals surface area (Å²) in [5, 5.41) is 13.9. The van der Waals surface area contributed by atoms with Crippen LogP contribution < -0.4 is 0 Å². The summed E-state index contributed by atoms with van der Waals surface area (Å²) in [4.78, 5) is 18.6. The van der Waals surface area contributed by atoms with Crippen molar-refractivity contribution < 1.29 is 4.79 Å². The molecule has 0 aliphatic heterocycles. The first-order valence-corrected chi connectivity index (χ1v) is 7.14. The molecule has 0 bridgehead atoms. The number of aromatic amines is 1. The lowest BCUT2D eigenvalue weighted by molar-refractivity contribution is 0.0749. The summed E-state index contributed by atoms with van der Waals surface area (Å²) in [6.07, 6.45) is 3.55. The first-order chi connectivity index (χ1) is 10.7. The fourth-order valence-corrected chi connectivity index (χ4v) is 2.36. The molecule has 114 valence electrons. The van der Waals surface area contributed by atoms with Crippen LogP contribution in [0.15, 0.2) is 30.7 Å². The summed E-state index contributed by atoms with van der Waals surface area (Å²) in [5.74, 6) is 0.502. The zero-order chi connectivity index (χ0) is 15.5. The third kappa shape index (κ3) is 2.67. The van der Waals surface area contributed by atoms with Crippen LogP contribution in [0, 0.1) is 0 Å². The van der Waals surface area contributed by atoms with Gasteiger partial charge in [0.25, 0.3) is 5.91 Å². The molecule has 0 fully saturated rings. The monoisotopic (exact) mass is 299 g/mol.